The van der Waals surface area contributed by atoms with Gasteiger partial charge in [-0.2, -0.15) is 0 Å². The van der Waals surface area contributed by atoms with Gasteiger partial charge in [-0.25, -0.2) is 0 Å². The number of alkyl halides is 1. The van der Waals surface area contributed by atoms with E-state index in [1.807, 2.05) is 4.90 Å². The van der Waals surface area contributed by atoms with Gasteiger partial charge in [-0.15, -0.1) is 0 Å². The van der Waals surface area contributed by atoms with Crippen molar-refractivity contribution in [3.8, 4) is 0 Å². The van der Waals surface area contributed by atoms with E-state index >= 15 is 0 Å². The van der Waals surface area contributed by atoms with Crippen LogP contribution in [-0.4, -0.2) is 52.3 Å². The summed E-state index contributed by atoms with van der Waals surface area (Å²) in [5.41, 5.74) is 0. The van der Waals surface area contributed by atoms with Crippen molar-refractivity contribution in [2.75, 3.05) is 19.6 Å². The van der Waals surface area contributed by atoms with E-state index in [-0.39, 0.29) is 10.7 Å². The summed E-state index contributed by atoms with van der Waals surface area (Å²) >= 11 is 3.40. The van der Waals surface area contributed by atoms with E-state index in [4.69, 9.17) is 0 Å². The quantitative estimate of drug-likeness (QED) is 0.724. The number of hydrogen-bond acceptors (Lipinski definition) is 2. The Morgan fingerprint density at radius 3 is 2.31 bits per heavy atom. The van der Waals surface area contributed by atoms with Gasteiger partial charge in [0.2, 0.25) is 5.91 Å². The fourth-order valence-electron chi connectivity index (χ4n) is 2.27. The van der Waals surface area contributed by atoms with Crippen molar-refractivity contribution in [3.63, 3.8) is 0 Å². The molecule has 94 valence electrons. The highest BCUT2D eigenvalue weighted by Gasteiger charge is 2.29. The van der Waals surface area contributed by atoms with Crippen molar-refractivity contribution in [3.05, 3.63) is 0 Å². The maximum absolute atomic E-state index is 11.7. The van der Waals surface area contributed by atoms with Gasteiger partial charge in [0.1, 0.15) is 0 Å². The smallest absolute Gasteiger partial charge is 0.236 e. The highest BCUT2D eigenvalue weighted by atomic mass is 79.9. The first-order chi connectivity index (χ1) is 7.43. The summed E-state index contributed by atoms with van der Waals surface area (Å²) < 4.78 is 0. The van der Waals surface area contributed by atoms with Crippen LogP contribution in [-0.2, 0) is 4.79 Å². The lowest BCUT2D eigenvalue weighted by Gasteiger charge is -2.32. The molecule has 0 aromatic rings. The topological polar surface area (TPSA) is 23.6 Å². The van der Waals surface area contributed by atoms with E-state index in [9.17, 15) is 4.79 Å². The molecule has 1 amide bonds. The van der Waals surface area contributed by atoms with Gasteiger partial charge in [0, 0.05) is 31.7 Å². The van der Waals surface area contributed by atoms with Crippen LogP contribution in [0.5, 0.6) is 0 Å². The van der Waals surface area contributed by atoms with Crippen molar-refractivity contribution in [2.45, 2.75) is 51.0 Å². The minimum Gasteiger partial charge on any atom is -0.340 e. The van der Waals surface area contributed by atoms with E-state index in [2.05, 4.69) is 48.5 Å². The molecule has 3 nitrogen and oxygen atoms in total. The van der Waals surface area contributed by atoms with Crippen molar-refractivity contribution in [1.29, 1.82) is 0 Å². The molecule has 0 aromatic heterocycles. The van der Waals surface area contributed by atoms with Crippen LogP contribution >= 0.6 is 15.9 Å². The van der Waals surface area contributed by atoms with Crippen LogP contribution in [0.4, 0.5) is 0 Å². The van der Waals surface area contributed by atoms with Crippen molar-refractivity contribution in [1.82, 2.24) is 9.80 Å². The lowest BCUT2D eigenvalue weighted by molar-refractivity contribution is -0.127. The number of likely N-dealkylation sites (tertiary alicyclic amines) is 1. The fraction of sp³-hybridized carbons (Fsp3) is 0.917. The molecule has 1 heterocycles. The molecule has 4 heteroatoms. The maximum Gasteiger partial charge on any atom is 0.236 e. The van der Waals surface area contributed by atoms with Crippen LogP contribution in [0.15, 0.2) is 0 Å². The standard InChI is InChI=1S/C12H23BrN2O/c1-9(2)15(10(3)4)8-7-14-6-5-11(13)12(14)16/h9-11H,5-8H2,1-4H3. The summed E-state index contributed by atoms with van der Waals surface area (Å²) in [6.45, 7) is 11.6. The minimum absolute atomic E-state index is 0.0547. The summed E-state index contributed by atoms with van der Waals surface area (Å²) in [4.78, 5) is 16.2. The third kappa shape index (κ3) is 3.45. The van der Waals surface area contributed by atoms with E-state index in [0.717, 1.165) is 26.1 Å². The van der Waals surface area contributed by atoms with Gasteiger partial charge in [-0.05, 0) is 34.1 Å². The summed E-state index contributed by atoms with van der Waals surface area (Å²) in [7, 11) is 0. The van der Waals surface area contributed by atoms with Gasteiger partial charge in [0.25, 0.3) is 0 Å². The largest absolute Gasteiger partial charge is 0.340 e. The van der Waals surface area contributed by atoms with Gasteiger partial charge in [0.05, 0.1) is 4.83 Å². The molecule has 16 heavy (non-hydrogen) atoms. The molecule has 1 aliphatic rings. The minimum atomic E-state index is 0.0547. The van der Waals surface area contributed by atoms with E-state index in [0.29, 0.717) is 12.1 Å². The maximum atomic E-state index is 11.7. The Kier molecular flexibility index (Phi) is 5.25. The number of carbonyl (C=O) groups excluding carboxylic acids is 1. The number of hydrogen-bond donors (Lipinski definition) is 0. The second kappa shape index (κ2) is 6.01. The molecule has 1 unspecified atom stereocenters. The Morgan fingerprint density at radius 2 is 1.94 bits per heavy atom. The zero-order valence-corrected chi connectivity index (χ0v) is 12.3. The molecule has 1 aliphatic heterocycles. The molecule has 0 bridgehead atoms. The van der Waals surface area contributed by atoms with Gasteiger partial charge in [0.15, 0.2) is 0 Å². The average molecular weight is 291 g/mol. The van der Waals surface area contributed by atoms with Crippen LogP contribution in [0.3, 0.4) is 0 Å². The zero-order chi connectivity index (χ0) is 12.3. The highest BCUT2D eigenvalue weighted by Crippen LogP contribution is 2.18. The van der Waals surface area contributed by atoms with Crippen LogP contribution in [0.1, 0.15) is 34.1 Å². The molecular formula is C12H23BrN2O. The third-order valence-electron chi connectivity index (χ3n) is 3.19. The van der Waals surface area contributed by atoms with E-state index in [1.165, 1.54) is 0 Å². The molecule has 0 saturated carbocycles. The fourth-order valence-corrected chi connectivity index (χ4v) is 2.77. The molecule has 1 saturated heterocycles. The number of nitrogens with zero attached hydrogens (tertiary/aromatic N) is 2. The average Bonchev–Trinajstić information content (AvgIpc) is 2.48. The van der Waals surface area contributed by atoms with Crippen molar-refractivity contribution in [2.24, 2.45) is 0 Å². The summed E-state index contributed by atoms with van der Waals surface area (Å²) in [5, 5.41) is 0. The SMILES string of the molecule is CC(C)N(CCN1CCC(Br)C1=O)C(C)C. The van der Waals surface area contributed by atoms with E-state index in [1.54, 1.807) is 0 Å². The van der Waals surface area contributed by atoms with Crippen LogP contribution in [0.25, 0.3) is 0 Å². The Hall–Kier alpha value is -0.0900. The lowest BCUT2D eigenvalue weighted by atomic mass is 10.2. The van der Waals surface area contributed by atoms with Gasteiger partial charge < -0.3 is 4.90 Å². The molecular weight excluding hydrogens is 268 g/mol. The molecule has 0 N–H and O–H groups in total. The second-order valence-corrected chi connectivity index (χ2v) is 6.11. The monoisotopic (exact) mass is 290 g/mol. The van der Waals surface area contributed by atoms with E-state index < -0.39 is 0 Å². The summed E-state index contributed by atoms with van der Waals surface area (Å²) in [6.07, 6.45) is 0.947. The number of halogens is 1. The molecule has 0 aromatic carbocycles. The highest BCUT2D eigenvalue weighted by molar-refractivity contribution is 9.10. The lowest BCUT2D eigenvalue weighted by Crippen LogP contribution is -2.43. The van der Waals surface area contributed by atoms with Gasteiger partial charge in [-0.1, -0.05) is 15.9 Å². The molecule has 0 aliphatic carbocycles. The Bertz CT molecular complexity index is 235. The predicted molar refractivity (Wildman–Crippen MR) is 70.9 cm³/mol. The second-order valence-electron chi connectivity index (χ2n) is 5.01. The van der Waals surface area contributed by atoms with Crippen LogP contribution in [0, 0.1) is 0 Å². The van der Waals surface area contributed by atoms with Crippen molar-refractivity contribution < 1.29 is 4.79 Å². The molecule has 1 rings (SSSR count). The molecule has 0 spiro atoms. The Balaban J connectivity index is 2.41. The van der Waals surface area contributed by atoms with Crippen LogP contribution < -0.4 is 0 Å². The predicted octanol–water partition coefficient (Wildman–Crippen LogP) is 2.10. The molecule has 1 fully saturated rings. The molecule has 1 atom stereocenters. The van der Waals surface area contributed by atoms with Gasteiger partial charge >= 0.3 is 0 Å². The third-order valence-corrected chi connectivity index (χ3v) is 4.04. The first-order valence-corrected chi connectivity index (χ1v) is 7.03. The summed E-state index contributed by atoms with van der Waals surface area (Å²) in [6, 6.07) is 1.08. The molecule has 0 radical (unpaired) electrons. The Morgan fingerprint density at radius 1 is 1.38 bits per heavy atom. The number of carbonyl (C=O) groups is 1. The zero-order valence-electron chi connectivity index (χ0n) is 10.7. The first kappa shape index (κ1) is 14.0. The van der Waals surface area contributed by atoms with Gasteiger partial charge in [-0.3, -0.25) is 9.69 Å². The summed E-state index contributed by atoms with van der Waals surface area (Å²) in [5.74, 6) is 0.257. The van der Waals surface area contributed by atoms with Crippen LogP contribution in [0.2, 0.25) is 0 Å². The Labute approximate surface area is 107 Å². The number of amides is 1. The van der Waals surface area contributed by atoms with Crippen molar-refractivity contribution >= 4 is 21.8 Å². The normalized spacial score (nSPS) is 21.9. The first-order valence-electron chi connectivity index (χ1n) is 6.12. The number of rotatable bonds is 5.